The number of aryl methyl sites for hydroxylation is 1. The highest BCUT2D eigenvalue weighted by atomic mass is 32.1. The summed E-state index contributed by atoms with van der Waals surface area (Å²) < 4.78 is 17.8. The van der Waals surface area contributed by atoms with Crippen molar-refractivity contribution in [3.05, 3.63) is 112 Å². The number of hydrogen-bond acceptors (Lipinski definition) is 6. The fourth-order valence-electron chi connectivity index (χ4n) is 3.88. The predicted octanol–water partition coefficient (Wildman–Crippen LogP) is 3.98. The summed E-state index contributed by atoms with van der Waals surface area (Å²) in [5, 5.41) is 2.88. The maximum atomic E-state index is 14.0. The monoisotopic (exact) mass is 517 g/mol. The minimum absolute atomic E-state index is 0.0416. The average Bonchev–Trinajstić information content (AvgIpc) is 3.29. The molecule has 1 heterocycles. The number of benzene rings is 3. The Morgan fingerprint density at radius 3 is 2.27 bits per heavy atom. The van der Waals surface area contributed by atoms with Gasteiger partial charge in [0.15, 0.2) is 5.69 Å². The first kappa shape index (κ1) is 25.5. The Kier molecular flexibility index (Phi) is 7.59. The first-order chi connectivity index (χ1) is 17.8. The summed E-state index contributed by atoms with van der Waals surface area (Å²) in [4.78, 5) is 40.7. The van der Waals surface area contributed by atoms with Crippen LogP contribution in [0.2, 0.25) is 0 Å². The molecule has 8 nitrogen and oxygen atoms in total. The van der Waals surface area contributed by atoms with E-state index in [0.29, 0.717) is 16.8 Å². The third-order valence-corrected chi connectivity index (χ3v) is 6.60. The SMILES string of the molecule is Cc1ccccc1N(C(=O)c1snc(C(N)=O)c1N)[C@H](C(=O)NCc1ccccc1)c1ccc(F)cc1. The third kappa shape index (κ3) is 5.49. The molecule has 4 aromatic rings. The van der Waals surface area contributed by atoms with Crippen molar-refractivity contribution in [3.63, 3.8) is 0 Å². The minimum Gasteiger partial charge on any atom is -0.395 e. The van der Waals surface area contributed by atoms with Crippen LogP contribution in [0.25, 0.3) is 0 Å². The lowest BCUT2D eigenvalue weighted by molar-refractivity contribution is -0.122. The number of nitrogen functional groups attached to an aromatic ring is 1. The smallest absolute Gasteiger partial charge is 0.273 e. The number of carbonyl (C=O) groups is 3. The van der Waals surface area contributed by atoms with Gasteiger partial charge in [0, 0.05) is 12.2 Å². The Balaban J connectivity index is 1.84. The number of anilines is 2. The second-order valence-corrected chi connectivity index (χ2v) is 9.03. The number of hydrogen-bond donors (Lipinski definition) is 3. The number of nitrogens with zero attached hydrogens (tertiary/aromatic N) is 2. The van der Waals surface area contributed by atoms with Crippen molar-refractivity contribution in [1.82, 2.24) is 9.69 Å². The fraction of sp³-hybridized carbons (Fsp3) is 0.111. The van der Waals surface area contributed by atoms with Gasteiger partial charge in [-0.05, 0) is 53.3 Å². The van der Waals surface area contributed by atoms with E-state index in [2.05, 4.69) is 9.69 Å². The molecular formula is C27H24FN5O3S. The van der Waals surface area contributed by atoms with Gasteiger partial charge in [0.2, 0.25) is 5.91 Å². The topological polar surface area (TPSA) is 131 Å². The van der Waals surface area contributed by atoms with Gasteiger partial charge in [-0.25, -0.2) is 4.39 Å². The molecule has 0 radical (unpaired) electrons. The molecule has 1 atom stereocenters. The van der Waals surface area contributed by atoms with Gasteiger partial charge >= 0.3 is 0 Å². The maximum Gasteiger partial charge on any atom is 0.273 e. The Morgan fingerprint density at radius 2 is 1.65 bits per heavy atom. The van der Waals surface area contributed by atoms with Crippen molar-refractivity contribution in [2.24, 2.45) is 5.73 Å². The molecule has 37 heavy (non-hydrogen) atoms. The van der Waals surface area contributed by atoms with Crippen LogP contribution >= 0.6 is 11.5 Å². The Hall–Kier alpha value is -4.57. The second kappa shape index (κ2) is 11.0. The highest BCUT2D eigenvalue weighted by Crippen LogP contribution is 2.34. The van der Waals surface area contributed by atoms with Crippen LogP contribution in [0.5, 0.6) is 0 Å². The molecule has 0 unspecified atom stereocenters. The van der Waals surface area contributed by atoms with Crippen LogP contribution in [0.4, 0.5) is 15.8 Å². The van der Waals surface area contributed by atoms with Gasteiger partial charge < -0.3 is 16.8 Å². The largest absolute Gasteiger partial charge is 0.395 e. The van der Waals surface area contributed by atoms with Crippen molar-refractivity contribution >= 4 is 40.6 Å². The lowest BCUT2D eigenvalue weighted by Gasteiger charge is -2.32. The molecule has 0 fully saturated rings. The standard InChI is InChI=1S/C27H24FN5O3S/c1-16-7-5-6-10-20(16)33(27(36)24-21(29)22(25(30)34)32-37-24)23(18-11-13-19(28)14-12-18)26(35)31-15-17-8-3-2-4-9-17/h2-14,23H,15,29H2,1H3,(H2,30,34)(H,31,35)/t23-/m0/s1. The van der Waals surface area contributed by atoms with Crippen molar-refractivity contribution in [2.45, 2.75) is 19.5 Å². The zero-order chi connectivity index (χ0) is 26.5. The quantitative estimate of drug-likeness (QED) is 0.325. The van der Waals surface area contributed by atoms with Crippen LogP contribution in [0, 0.1) is 12.7 Å². The number of amides is 3. The molecule has 0 aliphatic rings. The maximum absolute atomic E-state index is 14.0. The molecule has 0 bridgehead atoms. The van der Waals surface area contributed by atoms with Gasteiger partial charge in [-0.1, -0.05) is 60.7 Å². The first-order valence-corrected chi connectivity index (χ1v) is 12.1. The van der Waals surface area contributed by atoms with Crippen molar-refractivity contribution in [3.8, 4) is 0 Å². The van der Waals surface area contributed by atoms with E-state index in [-0.39, 0.29) is 22.8 Å². The Morgan fingerprint density at radius 1 is 1.00 bits per heavy atom. The Bertz CT molecular complexity index is 1440. The summed E-state index contributed by atoms with van der Waals surface area (Å²) in [6.07, 6.45) is 0. The van der Waals surface area contributed by atoms with E-state index in [4.69, 9.17) is 11.5 Å². The molecule has 188 valence electrons. The van der Waals surface area contributed by atoms with Gasteiger partial charge in [-0.2, -0.15) is 4.37 Å². The number of primary amides is 1. The van der Waals surface area contributed by atoms with E-state index in [1.165, 1.54) is 29.2 Å². The van der Waals surface area contributed by atoms with Gasteiger partial charge in [0.05, 0.1) is 5.69 Å². The molecule has 0 saturated heterocycles. The molecule has 3 amide bonds. The summed E-state index contributed by atoms with van der Waals surface area (Å²) in [6.45, 7) is 2.01. The number of halogens is 1. The minimum atomic E-state index is -1.20. The normalized spacial score (nSPS) is 11.5. The summed E-state index contributed by atoms with van der Waals surface area (Å²) >= 11 is 0.720. The van der Waals surface area contributed by atoms with Gasteiger partial charge in [-0.15, -0.1) is 0 Å². The van der Waals surface area contributed by atoms with E-state index < -0.39 is 29.6 Å². The summed E-state index contributed by atoms with van der Waals surface area (Å²) in [5.74, 6) is -2.50. The number of aromatic nitrogens is 1. The highest BCUT2D eigenvalue weighted by molar-refractivity contribution is 7.09. The molecule has 5 N–H and O–H groups in total. The van der Waals surface area contributed by atoms with Gasteiger partial charge in [-0.3, -0.25) is 19.3 Å². The van der Waals surface area contributed by atoms with E-state index in [9.17, 15) is 18.8 Å². The third-order valence-electron chi connectivity index (χ3n) is 5.75. The van der Waals surface area contributed by atoms with Crippen molar-refractivity contribution < 1.29 is 18.8 Å². The zero-order valence-corrected chi connectivity index (χ0v) is 20.7. The molecule has 0 aliphatic heterocycles. The molecule has 0 spiro atoms. The fourth-order valence-corrected chi connectivity index (χ4v) is 4.62. The Labute approximate surface area is 216 Å². The number of nitrogens with one attached hydrogen (secondary N) is 1. The van der Waals surface area contributed by atoms with Gasteiger partial charge in [0.25, 0.3) is 11.8 Å². The van der Waals surface area contributed by atoms with Crippen LogP contribution in [0.1, 0.15) is 42.9 Å². The average molecular weight is 518 g/mol. The predicted molar refractivity (Wildman–Crippen MR) is 140 cm³/mol. The second-order valence-electron chi connectivity index (χ2n) is 8.26. The van der Waals surface area contributed by atoms with Crippen LogP contribution in [-0.2, 0) is 11.3 Å². The van der Waals surface area contributed by atoms with E-state index in [1.54, 1.807) is 31.2 Å². The number of nitrogens with two attached hydrogens (primary N) is 2. The summed E-state index contributed by atoms with van der Waals surface area (Å²) in [6, 6.07) is 20.5. The lowest BCUT2D eigenvalue weighted by Crippen LogP contribution is -2.44. The highest BCUT2D eigenvalue weighted by Gasteiger charge is 2.36. The van der Waals surface area contributed by atoms with E-state index in [0.717, 1.165) is 17.1 Å². The number of para-hydroxylation sites is 1. The molecule has 4 rings (SSSR count). The van der Waals surface area contributed by atoms with Gasteiger partial charge in [0.1, 0.15) is 16.7 Å². The number of carbonyl (C=O) groups excluding carboxylic acids is 3. The molecule has 3 aromatic carbocycles. The zero-order valence-electron chi connectivity index (χ0n) is 19.9. The lowest BCUT2D eigenvalue weighted by atomic mass is 10.0. The van der Waals surface area contributed by atoms with E-state index >= 15 is 0 Å². The van der Waals surface area contributed by atoms with Crippen LogP contribution in [0.15, 0.2) is 78.9 Å². The number of rotatable bonds is 8. The molecular weight excluding hydrogens is 493 g/mol. The molecule has 0 aliphatic carbocycles. The van der Waals surface area contributed by atoms with Crippen molar-refractivity contribution in [2.75, 3.05) is 10.6 Å². The summed E-state index contributed by atoms with van der Waals surface area (Å²) in [5.41, 5.74) is 13.4. The van der Waals surface area contributed by atoms with Crippen LogP contribution in [0.3, 0.4) is 0 Å². The van der Waals surface area contributed by atoms with Crippen LogP contribution < -0.4 is 21.7 Å². The van der Waals surface area contributed by atoms with E-state index in [1.807, 2.05) is 30.3 Å². The summed E-state index contributed by atoms with van der Waals surface area (Å²) in [7, 11) is 0. The van der Waals surface area contributed by atoms with Crippen molar-refractivity contribution in [1.29, 1.82) is 0 Å². The molecule has 1 aromatic heterocycles. The molecule has 0 saturated carbocycles. The first-order valence-electron chi connectivity index (χ1n) is 11.3. The molecule has 10 heteroatoms. The van der Waals surface area contributed by atoms with Crippen LogP contribution in [-0.4, -0.2) is 22.1 Å².